The minimum Gasteiger partial charge on any atom is -0.496 e. The molecular weight excluding hydrogens is 192 g/mol. The summed E-state index contributed by atoms with van der Waals surface area (Å²) in [4.78, 5) is 11.2. The van der Waals surface area contributed by atoms with E-state index in [2.05, 4.69) is 0 Å². The summed E-state index contributed by atoms with van der Waals surface area (Å²) in [5.74, 6) is 0.118. The summed E-state index contributed by atoms with van der Waals surface area (Å²) in [6, 6.07) is 9.41. The molecule has 0 spiro atoms. The minimum atomic E-state index is -0.391. The number of ether oxygens (including phenoxy) is 2. The molecule has 1 aromatic rings. The fourth-order valence-corrected chi connectivity index (χ4v) is 1.15. The van der Waals surface area contributed by atoms with Crippen molar-refractivity contribution in [3.05, 3.63) is 42.0 Å². The summed E-state index contributed by atoms with van der Waals surface area (Å²) in [7, 11) is 1.53. The first kappa shape index (κ1) is 11.3. The van der Waals surface area contributed by atoms with Gasteiger partial charge in [-0.25, -0.2) is 4.79 Å². The highest BCUT2D eigenvalue weighted by Crippen LogP contribution is 2.14. The van der Waals surface area contributed by atoms with E-state index in [1.807, 2.05) is 30.3 Å². The van der Waals surface area contributed by atoms with Crippen molar-refractivity contribution < 1.29 is 14.3 Å². The van der Waals surface area contributed by atoms with Gasteiger partial charge in [0.05, 0.1) is 19.8 Å². The van der Waals surface area contributed by atoms with E-state index >= 15 is 0 Å². The Labute approximate surface area is 89.3 Å². The Bertz CT molecular complexity index is 341. The second-order valence-corrected chi connectivity index (χ2v) is 2.83. The van der Waals surface area contributed by atoms with E-state index in [-0.39, 0.29) is 0 Å². The number of carbonyl (C=O) groups excluding carboxylic acids is 1. The van der Waals surface area contributed by atoms with Crippen molar-refractivity contribution >= 4 is 11.7 Å². The summed E-state index contributed by atoms with van der Waals surface area (Å²) in [5.41, 5.74) is 0.855. The Kier molecular flexibility index (Phi) is 4.41. The second kappa shape index (κ2) is 5.86. The molecule has 0 radical (unpaired) electrons. The van der Waals surface area contributed by atoms with Crippen LogP contribution in [-0.4, -0.2) is 19.7 Å². The molecule has 0 fully saturated rings. The van der Waals surface area contributed by atoms with Crippen molar-refractivity contribution in [2.24, 2.45) is 0 Å². The summed E-state index contributed by atoms with van der Waals surface area (Å²) in [5, 5.41) is 0. The van der Waals surface area contributed by atoms with Gasteiger partial charge < -0.3 is 9.47 Å². The molecule has 0 aliphatic rings. The van der Waals surface area contributed by atoms with E-state index in [0.717, 1.165) is 5.56 Å². The normalized spacial score (nSPS) is 10.9. The van der Waals surface area contributed by atoms with Crippen molar-refractivity contribution in [1.82, 2.24) is 0 Å². The summed E-state index contributed by atoms with van der Waals surface area (Å²) < 4.78 is 9.91. The Morgan fingerprint density at radius 2 is 2.00 bits per heavy atom. The van der Waals surface area contributed by atoms with E-state index in [1.54, 1.807) is 6.92 Å². The van der Waals surface area contributed by atoms with Crippen LogP contribution in [0.25, 0.3) is 5.76 Å². The molecule has 3 heteroatoms. The van der Waals surface area contributed by atoms with Crippen LogP contribution in [0.1, 0.15) is 12.5 Å². The highest BCUT2D eigenvalue weighted by molar-refractivity contribution is 5.89. The quantitative estimate of drug-likeness (QED) is 0.430. The fourth-order valence-electron chi connectivity index (χ4n) is 1.15. The zero-order valence-electron chi connectivity index (χ0n) is 8.90. The summed E-state index contributed by atoms with van der Waals surface area (Å²) in [6.45, 7) is 2.13. The molecule has 0 atom stereocenters. The molecule has 80 valence electrons. The molecule has 1 aromatic carbocycles. The molecule has 15 heavy (non-hydrogen) atoms. The topological polar surface area (TPSA) is 35.5 Å². The predicted molar refractivity (Wildman–Crippen MR) is 58.1 cm³/mol. The van der Waals surface area contributed by atoms with Crippen LogP contribution in [-0.2, 0) is 14.3 Å². The third kappa shape index (κ3) is 3.46. The van der Waals surface area contributed by atoms with Gasteiger partial charge in [0.25, 0.3) is 0 Å². The standard InChI is InChI=1S/C12H14O3/c1-3-15-12(13)9-11(14-2)10-7-5-4-6-8-10/h4-9H,3H2,1-2H3/b11-9-. The van der Waals surface area contributed by atoms with Crippen molar-refractivity contribution in [2.75, 3.05) is 13.7 Å². The van der Waals surface area contributed by atoms with Gasteiger partial charge in [-0.3, -0.25) is 0 Å². The molecule has 1 rings (SSSR count). The lowest BCUT2D eigenvalue weighted by atomic mass is 10.2. The van der Waals surface area contributed by atoms with E-state index in [1.165, 1.54) is 13.2 Å². The van der Waals surface area contributed by atoms with Crippen LogP contribution in [0.5, 0.6) is 0 Å². The summed E-state index contributed by atoms with van der Waals surface area (Å²) >= 11 is 0. The first-order chi connectivity index (χ1) is 7.27. The third-order valence-corrected chi connectivity index (χ3v) is 1.81. The largest absolute Gasteiger partial charge is 0.496 e. The molecule has 3 nitrogen and oxygen atoms in total. The lowest BCUT2D eigenvalue weighted by Gasteiger charge is -2.05. The van der Waals surface area contributed by atoms with Crippen LogP contribution in [0.2, 0.25) is 0 Å². The Morgan fingerprint density at radius 1 is 1.33 bits per heavy atom. The lowest BCUT2D eigenvalue weighted by Crippen LogP contribution is -2.01. The van der Waals surface area contributed by atoms with Crippen molar-refractivity contribution in [2.45, 2.75) is 6.92 Å². The van der Waals surface area contributed by atoms with Gasteiger partial charge in [-0.15, -0.1) is 0 Å². The van der Waals surface area contributed by atoms with Crippen molar-refractivity contribution in [3.8, 4) is 0 Å². The molecule has 0 bridgehead atoms. The molecule has 0 aromatic heterocycles. The summed E-state index contributed by atoms with van der Waals surface area (Å²) in [6.07, 6.45) is 1.35. The van der Waals surface area contributed by atoms with Gasteiger partial charge in [0.15, 0.2) is 0 Å². The van der Waals surface area contributed by atoms with Crippen LogP contribution in [0.4, 0.5) is 0 Å². The highest BCUT2D eigenvalue weighted by Gasteiger charge is 2.04. The van der Waals surface area contributed by atoms with Gasteiger partial charge in [-0.2, -0.15) is 0 Å². The van der Waals surface area contributed by atoms with Gasteiger partial charge in [-0.05, 0) is 6.92 Å². The zero-order valence-corrected chi connectivity index (χ0v) is 8.90. The number of hydrogen-bond acceptors (Lipinski definition) is 3. The van der Waals surface area contributed by atoms with Gasteiger partial charge in [0.1, 0.15) is 5.76 Å². The van der Waals surface area contributed by atoms with Gasteiger partial charge in [0, 0.05) is 5.56 Å². The molecule has 0 saturated carbocycles. The number of hydrogen-bond donors (Lipinski definition) is 0. The maximum Gasteiger partial charge on any atom is 0.334 e. The average molecular weight is 206 g/mol. The van der Waals surface area contributed by atoms with E-state index in [9.17, 15) is 4.79 Å². The van der Waals surface area contributed by atoms with Gasteiger partial charge in [0.2, 0.25) is 0 Å². The Balaban J connectivity index is 2.84. The van der Waals surface area contributed by atoms with E-state index < -0.39 is 5.97 Å². The van der Waals surface area contributed by atoms with Crippen LogP contribution < -0.4 is 0 Å². The first-order valence-electron chi connectivity index (χ1n) is 4.75. The minimum absolute atomic E-state index is 0.362. The third-order valence-electron chi connectivity index (χ3n) is 1.81. The van der Waals surface area contributed by atoms with Crippen LogP contribution in [0.15, 0.2) is 36.4 Å². The molecular formula is C12H14O3. The molecule has 0 unspecified atom stereocenters. The van der Waals surface area contributed by atoms with Crippen molar-refractivity contribution in [1.29, 1.82) is 0 Å². The van der Waals surface area contributed by atoms with E-state index in [0.29, 0.717) is 12.4 Å². The number of benzene rings is 1. The Hall–Kier alpha value is -1.77. The fraction of sp³-hybridized carbons (Fsp3) is 0.250. The first-order valence-corrected chi connectivity index (χ1v) is 4.75. The molecule has 0 saturated heterocycles. The van der Waals surface area contributed by atoms with Crippen LogP contribution >= 0.6 is 0 Å². The SMILES string of the molecule is CCOC(=O)/C=C(\OC)c1ccccc1. The monoisotopic (exact) mass is 206 g/mol. The number of rotatable bonds is 4. The second-order valence-electron chi connectivity index (χ2n) is 2.83. The Morgan fingerprint density at radius 3 is 2.53 bits per heavy atom. The number of methoxy groups -OCH3 is 1. The number of esters is 1. The highest BCUT2D eigenvalue weighted by atomic mass is 16.5. The van der Waals surface area contributed by atoms with Crippen LogP contribution in [0.3, 0.4) is 0 Å². The molecule has 0 amide bonds. The van der Waals surface area contributed by atoms with Crippen molar-refractivity contribution in [3.63, 3.8) is 0 Å². The molecule has 0 aliphatic heterocycles. The lowest BCUT2D eigenvalue weighted by molar-refractivity contribution is -0.137. The van der Waals surface area contributed by atoms with Gasteiger partial charge in [-0.1, -0.05) is 30.3 Å². The average Bonchev–Trinajstić information content (AvgIpc) is 2.27. The molecule has 0 aliphatic carbocycles. The van der Waals surface area contributed by atoms with Gasteiger partial charge >= 0.3 is 5.97 Å². The van der Waals surface area contributed by atoms with Crippen LogP contribution in [0, 0.1) is 0 Å². The molecule has 0 N–H and O–H groups in total. The molecule has 0 heterocycles. The van der Waals surface area contributed by atoms with E-state index in [4.69, 9.17) is 9.47 Å². The maximum atomic E-state index is 11.2. The zero-order chi connectivity index (χ0) is 11.1. The maximum absolute atomic E-state index is 11.2. The predicted octanol–water partition coefficient (Wildman–Crippen LogP) is 2.24. The smallest absolute Gasteiger partial charge is 0.334 e. The number of carbonyl (C=O) groups is 1.